The van der Waals surface area contributed by atoms with Gasteiger partial charge in [-0.3, -0.25) is 10.1 Å². The van der Waals surface area contributed by atoms with Crippen molar-refractivity contribution in [3.05, 3.63) is 70.3 Å². The number of carbonyl (C=O) groups is 2. The topological polar surface area (TPSA) is 147 Å². The molecule has 9 heteroatoms. The fraction of sp³-hybridized carbons (Fsp3) is 0.111. The summed E-state index contributed by atoms with van der Waals surface area (Å²) in [4.78, 5) is 33.8. The number of carboxylic acid groups (broad SMARTS) is 1. The third-order valence-corrected chi connectivity index (χ3v) is 3.64. The summed E-state index contributed by atoms with van der Waals surface area (Å²) in [7, 11) is 0. The van der Waals surface area contributed by atoms with Crippen molar-refractivity contribution >= 4 is 23.2 Å². The molecule has 0 spiro atoms. The van der Waals surface area contributed by atoms with E-state index in [0.717, 1.165) is 12.1 Å². The first-order valence-corrected chi connectivity index (χ1v) is 7.57. The molecule has 0 aliphatic carbocycles. The van der Waals surface area contributed by atoms with Crippen molar-refractivity contribution in [1.29, 1.82) is 0 Å². The molecule has 0 heterocycles. The van der Waals surface area contributed by atoms with Gasteiger partial charge >= 0.3 is 11.9 Å². The summed E-state index contributed by atoms with van der Waals surface area (Å²) >= 11 is 0. The van der Waals surface area contributed by atoms with E-state index in [0.29, 0.717) is 5.56 Å². The van der Waals surface area contributed by atoms with Crippen LogP contribution >= 0.6 is 0 Å². The molecule has 0 radical (unpaired) electrons. The zero-order valence-corrected chi connectivity index (χ0v) is 13.9. The summed E-state index contributed by atoms with van der Waals surface area (Å²) < 4.78 is 4.95. The quantitative estimate of drug-likeness (QED) is 0.220. The molecule has 9 nitrogen and oxygen atoms in total. The van der Waals surface area contributed by atoms with E-state index in [4.69, 9.17) is 4.74 Å². The fourth-order valence-corrected chi connectivity index (χ4v) is 2.21. The summed E-state index contributed by atoms with van der Waals surface area (Å²) in [5, 5.41) is 38.8. The molecule has 0 unspecified atom stereocenters. The van der Waals surface area contributed by atoms with Crippen LogP contribution in [-0.4, -0.2) is 38.3 Å². The van der Waals surface area contributed by atoms with Crippen LogP contribution in [0.5, 0.6) is 11.5 Å². The second-order valence-electron chi connectivity index (χ2n) is 5.55. The Morgan fingerprint density at radius 1 is 1.15 bits per heavy atom. The molecule has 0 aliphatic rings. The average Bonchev–Trinajstić information content (AvgIpc) is 2.63. The minimum absolute atomic E-state index is 0.126. The Balaban J connectivity index is 2.15. The molecule has 3 N–H and O–H groups in total. The Bertz CT molecular complexity index is 921. The van der Waals surface area contributed by atoms with E-state index < -0.39 is 28.7 Å². The van der Waals surface area contributed by atoms with Gasteiger partial charge in [0.1, 0.15) is 0 Å². The number of nitro benzene ring substituents is 1. The summed E-state index contributed by atoms with van der Waals surface area (Å²) in [6.45, 7) is 3.51. The minimum atomic E-state index is -1.59. The van der Waals surface area contributed by atoms with Crippen molar-refractivity contribution < 1.29 is 34.6 Å². The highest BCUT2D eigenvalue weighted by atomic mass is 16.6. The van der Waals surface area contributed by atoms with Gasteiger partial charge in [-0.25, -0.2) is 9.59 Å². The first-order valence-electron chi connectivity index (χ1n) is 7.57. The molecule has 1 atom stereocenters. The molecule has 0 aromatic heterocycles. The smallest absolute Gasteiger partial charge is 0.345 e. The number of hydrogen-bond donors (Lipinski definition) is 3. The van der Waals surface area contributed by atoms with Gasteiger partial charge in [0, 0.05) is 18.6 Å². The number of esters is 1. The number of phenols is 2. The van der Waals surface area contributed by atoms with E-state index in [1.807, 2.05) is 0 Å². The van der Waals surface area contributed by atoms with Crippen LogP contribution in [0.25, 0.3) is 5.57 Å². The number of ether oxygens (including phenoxy) is 1. The lowest BCUT2D eigenvalue weighted by molar-refractivity contribution is -0.384. The maximum Gasteiger partial charge on any atom is 0.345 e. The molecule has 0 amide bonds. The van der Waals surface area contributed by atoms with Gasteiger partial charge in [0.15, 0.2) is 11.5 Å². The van der Waals surface area contributed by atoms with Gasteiger partial charge in [-0.05, 0) is 23.3 Å². The predicted molar refractivity (Wildman–Crippen MR) is 93.1 cm³/mol. The van der Waals surface area contributed by atoms with Crippen molar-refractivity contribution in [1.82, 2.24) is 0 Å². The molecule has 2 aromatic carbocycles. The molecule has 0 fully saturated rings. The lowest BCUT2D eigenvalue weighted by atomic mass is 10.1. The molecule has 140 valence electrons. The van der Waals surface area contributed by atoms with Crippen molar-refractivity contribution in [2.75, 3.05) is 0 Å². The molecule has 2 rings (SSSR count). The average molecular weight is 373 g/mol. The molecule has 27 heavy (non-hydrogen) atoms. The summed E-state index contributed by atoms with van der Waals surface area (Å²) in [5.74, 6) is -3.29. The number of nitro groups is 1. The van der Waals surface area contributed by atoms with Gasteiger partial charge < -0.3 is 20.1 Å². The lowest BCUT2D eigenvalue weighted by Crippen LogP contribution is -2.29. The zero-order valence-electron chi connectivity index (χ0n) is 13.9. The first-order chi connectivity index (χ1) is 12.7. The fourth-order valence-electron chi connectivity index (χ4n) is 2.21. The third kappa shape index (κ3) is 4.82. The molecular weight excluding hydrogens is 358 g/mol. The van der Waals surface area contributed by atoms with Crippen molar-refractivity contribution in [2.45, 2.75) is 12.5 Å². The maximum absolute atomic E-state index is 12.2. The normalized spacial score (nSPS) is 11.4. The van der Waals surface area contributed by atoms with E-state index in [-0.39, 0.29) is 29.0 Å². The third-order valence-electron chi connectivity index (χ3n) is 3.64. The first kappa shape index (κ1) is 19.4. The summed E-state index contributed by atoms with van der Waals surface area (Å²) in [6.07, 6.45) is -1.85. The van der Waals surface area contributed by atoms with Crippen molar-refractivity contribution in [3.63, 3.8) is 0 Å². The van der Waals surface area contributed by atoms with E-state index in [9.17, 15) is 35.0 Å². The highest BCUT2D eigenvalue weighted by molar-refractivity contribution is 6.16. The van der Waals surface area contributed by atoms with E-state index in [1.165, 1.54) is 30.3 Å². The van der Waals surface area contributed by atoms with E-state index in [2.05, 4.69) is 6.58 Å². The standard InChI is InChI=1S/C18H15NO8/c1-10(12-3-2-4-13(9-12)19(25)26)18(24)27-16(17(22)23)8-11-5-6-14(20)15(21)7-11/h2-7,9,16,20-21H,1,8H2,(H,22,23)/t16-/m1/s1. The number of aromatic hydroxyl groups is 2. The van der Waals surface area contributed by atoms with Crippen LogP contribution in [0.2, 0.25) is 0 Å². The Labute approximate surface area is 152 Å². The van der Waals surface area contributed by atoms with Crippen molar-refractivity contribution in [2.24, 2.45) is 0 Å². The summed E-state index contributed by atoms with van der Waals surface area (Å²) in [6, 6.07) is 8.82. The van der Waals surface area contributed by atoms with E-state index in [1.54, 1.807) is 0 Å². The van der Waals surface area contributed by atoms with Crippen molar-refractivity contribution in [3.8, 4) is 11.5 Å². The van der Waals surface area contributed by atoms with Crippen LogP contribution in [0.1, 0.15) is 11.1 Å². The zero-order chi connectivity index (χ0) is 20.1. The lowest BCUT2D eigenvalue weighted by Gasteiger charge is -2.15. The van der Waals surface area contributed by atoms with E-state index >= 15 is 0 Å². The van der Waals surface area contributed by atoms with Crippen LogP contribution in [0.3, 0.4) is 0 Å². The van der Waals surface area contributed by atoms with Crippen LogP contribution in [0.4, 0.5) is 5.69 Å². The molecule has 0 aliphatic heterocycles. The Morgan fingerprint density at radius 3 is 2.44 bits per heavy atom. The monoisotopic (exact) mass is 373 g/mol. The Kier molecular flexibility index (Phi) is 5.76. The van der Waals surface area contributed by atoms with Gasteiger partial charge in [0.2, 0.25) is 6.10 Å². The number of rotatable bonds is 7. The molecule has 0 bridgehead atoms. The predicted octanol–water partition coefficient (Wildman–Crippen LogP) is 2.26. The largest absolute Gasteiger partial charge is 0.504 e. The van der Waals surface area contributed by atoms with Crippen LogP contribution in [0, 0.1) is 10.1 Å². The number of nitrogens with zero attached hydrogens (tertiary/aromatic N) is 1. The Hall–Kier alpha value is -3.88. The molecule has 0 saturated carbocycles. The molecule has 0 saturated heterocycles. The SMILES string of the molecule is C=C(C(=O)O[C@H](Cc1ccc(O)c(O)c1)C(=O)O)c1cccc([N+](=O)[O-])c1. The Morgan fingerprint density at radius 2 is 1.85 bits per heavy atom. The van der Waals surface area contributed by atoms with Crippen LogP contribution < -0.4 is 0 Å². The number of non-ortho nitro benzene ring substituents is 1. The maximum atomic E-state index is 12.2. The number of carbonyl (C=O) groups excluding carboxylic acids is 1. The van der Waals surface area contributed by atoms with Crippen LogP contribution in [-0.2, 0) is 20.7 Å². The second-order valence-corrected chi connectivity index (χ2v) is 5.55. The highest BCUT2D eigenvalue weighted by Gasteiger charge is 2.25. The number of benzene rings is 2. The second kappa shape index (κ2) is 8.00. The minimum Gasteiger partial charge on any atom is -0.504 e. The highest BCUT2D eigenvalue weighted by Crippen LogP contribution is 2.26. The van der Waals surface area contributed by atoms with Gasteiger partial charge in [-0.2, -0.15) is 0 Å². The molecular formula is C18H15NO8. The molecule has 2 aromatic rings. The number of aliphatic carboxylic acids is 1. The van der Waals surface area contributed by atoms with Gasteiger partial charge in [-0.15, -0.1) is 0 Å². The van der Waals surface area contributed by atoms with Crippen LogP contribution in [0.15, 0.2) is 49.0 Å². The van der Waals surface area contributed by atoms with Gasteiger partial charge in [-0.1, -0.05) is 24.8 Å². The van der Waals surface area contributed by atoms with Gasteiger partial charge in [0.05, 0.1) is 10.5 Å². The number of phenolic OH excluding ortho intramolecular Hbond substituents is 2. The number of carboxylic acids is 1. The summed E-state index contributed by atoms with van der Waals surface area (Å²) in [5.41, 5.74) is -0.0543. The van der Waals surface area contributed by atoms with Gasteiger partial charge in [0.25, 0.3) is 5.69 Å². The number of hydrogen-bond acceptors (Lipinski definition) is 7.